The second-order valence-electron chi connectivity index (χ2n) is 6.88. The summed E-state index contributed by atoms with van der Waals surface area (Å²) < 4.78 is 0. The molecule has 1 N–H and O–H groups in total. The Labute approximate surface area is 175 Å². The summed E-state index contributed by atoms with van der Waals surface area (Å²) in [6, 6.07) is 17.5. The fourth-order valence-electron chi connectivity index (χ4n) is 3.36. The van der Waals surface area contributed by atoms with E-state index in [1.807, 2.05) is 54.6 Å². The lowest BCUT2D eigenvalue weighted by atomic mass is 10.2. The number of nitrogens with one attached hydrogen (secondary N) is 1. The minimum atomic E-state index is -0.167. The number of anilines is 2. The number of halogens is 1. The van der Waals surface area contributed by atoms with Crippen LogP contribution in [0.15, 0.2) is 67.0 Å². The van der Waals surface area contributed by atoms with Crippen molar-refractivity contribution in [2.24, 2.45) is 0 Å². The molecule has 4 rings (SSSR count). The predicted molar refractivity (Wildman–Crippen MR) is 116 cm³/mol. The molecule has 6 nitrogen and oxygen atoms in total. The fraction of sp³-hybridized carbons (Fsp3) is 0.227. The van der Waals surface area contributed by atoms with Crippen molar-refractivity contribution in [1.82, 2.24) is 15.3 Å². The van der Waals surface area contributed by atoms with Crippen LogP contribution in [-0.4, -0.2) is 42.1 Å². The van der Waals surface area contributed by atoms with Gasteiger partial charge in [-0.15, -0.1) is 0 Å². The zero-order chi connectivity index (χ0) is 20.1. The highest BCUT2D eigenvalue weighted by Gasteiger charge is 2.19. The van der Waals surface area contributed by atoms with Crippen molar-refractivity contribution in [2.45, 2.75) is 6.54 Å². The number of rotatable bonds is 5. The quantitative estimate of drug-likeness (QED) is 0.702. The molecule has 148 valence electrons. The number of pyridine rings is 2. The number of carbonyl (C=O) groups is 1. The third kappa shape index (κ3) is 4.84. The normalized spacial score (nSPS) is 14.0. The molecule has 1 aliphatic rings. The van der Waals surface area contributed by atoms with E-state index in [-0.39, 0.29) is 5.91 Å². The standard InChI is InChI=1S/C22H22ClN5O/c23-18-6-7-21(25-16-18)28-12-10-27(11-13-28)19-8-9-24-20(14-19)22(29)26-15-17-4-2-1-3-5-17/h1-9,14,16H,10-13,15H2,(H,26,29). The van der Waals surface area contributed by atoms with Gasteiger partial charge in [-0.1, -0.05) is 41.9 Å². The lowest BCUT2D eigenvalue weighted by molar-refractivity contribution is 0.0946. The van der Waals surface area contributed by atoms with Crippen LogP contribution in [0, 0.1) is 0 Å². The van der Waals surface area contributed by atoms with Gasteiger partial charge in [-0.05, 0) is 29.8 Å². The molecule has 0 aliphatic carbocycles. The first kappa shape index (κ1) is 19.2. The van der Waals surface area contributed by atoms with E-state index in [0.717, 1.165) is 43.2 Å². The highest BCUT2D eigenvalue weighted by molar-refractivity contribution is 6.30. The zero-order valence-corrected chi connectivity index (χ0v) is 16.7. The van der Waals surface area contributed by atoms with E-state index in [1.54, 1.807) is 12.4 Å². The summed E-state index contributed by atoms with van der Waals surface area (Å²) in [4.78, 5) is 25.6. The Morgan fingerprint density at radius 1 is 0.966 bits per heavy atom. The van der Waals surface area contributed by atoms with Gasteiger partial charge in [0.05, 0.1) is 5.02 Å². The predicted octanol–water partition coefficient (Wildman–Crippen LogP) is 3.39. The average molecular weight is 408 g/mol. The highest BCUT2D eigenvalue weighted by atomic mass is 35.5. The van der Waals surface area contributed by atoms with Gasteiger partial charge < -0.3 is 15.1 Å². The molecule has 29 heavy (non-hydrogen) atoms. The summed E-state index contributed by atoms with van der Waals surface area (Å²) in [5.41, 5.74) is 2.50. The van der Waals surface area contributed by atoms with Crippen molar-refractivity contribution >= 4 is 29.0 Å². The molecule has 0 saturated carbocycles. The molecule has 3 heterocycles. The second-order valence-corrected chi connectivity index (χ2v) is 7.31. The van der Waals surface area contributed by atoms with Crippen molar-refractivity contribution < 1.29 is 4.79 Å². The Bertz CT molecular complexity index is 956. The van der Waals surface area contributed by atoms with Crippen molar-refractivity contribution in [3.8, 4) is 0 Å². The molecule has 0 spiro atoms. The first-order valence-electron chi connectivity index (χ1n) is 9.59. The van der Waals surface area contributed by atoms with Gasteiger partial charge in [0.15, 0.2) is 0 Å². The maximum absolute atomic E-state index is 12.5. The first-order valence-corrected chi connectivity index (χ1v) is 9.96. The van der Waals surface area contributed by atoms with Crippen LogP contribution in [0.1, 0.15) is 16.1 Å². The van der Waals surface area contributed by atoms with Gasteiger partial charge in [0.2, 0.25) is 0 Å². The number of benzene rings is 1. The van der Waals surface area contributed by atoms with Gasteiger partial charge in [0, 0.05) is 50.8 Å². The molecule has 1 fully saturated rings. The lowest BCUT2D eigenvalue weighted by Gasteiger charge is -2.36. The number of carbonyl (C=O) groups excluding carboxylic acids is 1. The summed E-state index contributed by atoms with van der Waals surface area (Å²) in [6.07, 6.45) is 3.37. The fourth-order valence-corrected chi connectivity index (χ4v) is 3.47. The Balaban J connectivity index is 1.36. The highest BCUT2D eigenvalue weighted by Crippen LogP contribution is 2.20. The molecule has 1 aromatic carbocycles. The van der Waals surface area contributed by atoms with Crippen molar-refractivity contribution in [3.05, 3.63) is 83.3 Å². The maximum Gasteiger partial charge on any atom is 0.270 e. The smallest absolute Gasteiger partial charge is 0.270 e. The molecule has 0 atom stereocenters. The van der Waals surface area contributed by atoms with Crippen molar-refractivity contribution in [2.75, 3.05) is 36.0 Å². The number of hydrogen-bond donors (Lipinski definition) is 1. The minimum absolute atomic E-state index is 0.167. The van der Waals surface area contributed by atoms with Crippen molar-refractivity contribution in [3.63, 3.8) is 0 Å². The average Bonchev–Trinajstić information content (AvgIpc) is 2.79. The summed E-state index contributed by atoms with van der Waals surface area (Å²) >= 11 is 5.92. The molecule has 0 bridgehead atoms. The zero-order valence-electron chi connectivity index (χ0n) is 16.0. The van der Waals surface area contributed by atoms with Crippen LogP contribution in [0.4, 0.5) is 11.5 Å². The molecular formula is C22H22ClN5O. The molecule has 1 saturated heterocycles. The molecule has 0 radical (unpaired) electrons. The minimum Gasteiger partial charge on any atom is -0.368 e. The van der Waals surface area contributed by atoms with Gasteiger partial charge >= 0.3 is 0 Å². The number of nitrogens with zero attached hydrogens (tertiary/aromatic N) is 4. The largest absolute Gasteiger partial charge is 0.368 e. The van der Waals surface area contributed by atoms with Crippen LogP contribution in [0.5, 0.6) is 0 Å². The number of piperazine rings is 1. The lowest BCUT2D eigenvalue weighted by Crippen LogP contribution is -2.46. The molecule has 3 aromatic rings. The van der Waals surface area contributed by atoms with Crippen LogP contribution in [0.2, 0.25) is 5.02 Å². The Morgan fingerprint density at radius 3 is 2.45 bits per heavy atom. The topological polar surface area (TPSA) is 61.4 Å². The summed E-state index contributed by atoms with van der Waals surface area (Å²) in [6.45, 7) is 3.89. The van der Waals surface area contributed by atoms with E-state index in [9.17, 15) is 4.79 Å². The van der Waals surface area contributed by atoms with E-state index in [2.05, 4.69) is 25.1 Å². The van der Waals surface area contributed by atoms with Crippen LogP contribution in [-0.2, 0) is 6.54 Å². The Morgan fingerprint density at radius 2 is 1.72 bits per heavy atom. The van der Waals surface area contributed by atoms with Gasteiger partial charge in [0.25, 0.3) is 5.91 Å². The van der Waals surface area contributed by atoms with Crippen LogP contribution < -0.4 is 15.1 Å². The summed E-state index contributed by atoms with van der Waals surface area (Å²) in [7, 11) is 0. The first-order chi connectivity index (χ1) is 14.2. The molecule has 0 unspecified atom stereocenters. The van der Waals surface area contributed by atoms with Crippen LogP contribution in [0.3, 0.4) is 0 Å². The van der Waals surface area contributed by atoms with Crippen molar-refractivity contribution in [1.29, 1.82) is 0 Å². The molecule has 7 heteroatoms. The molecule has 1 amide bonds. The molecular weight excluding hydrogens is 386 g/mol. The van der Waals surface area contributed by atoms with Crippen LogP contribution in [0.25, 0.3) is 0 Å². The molecule has 2 aromatic heterocycles. The summed E-state index contributed by atoms with van der Waals surface area (Å²) in [5, 5.41) is 3.57. The van der Waals surface area contributed by atoms with Gasteiger partial charge in [-0.25, -0.2) is 4.98 Å². The monoisotopic (exact) mass is 407 g/mol. The Kier molecular flexibility index (Phi) is 5.91. The second kappa shape index (κ2) is 8.92. The van der Waals surface area contributed by atoms with Gasteiger partial charge in [-0.2, -0.15) is 0 Å². The number of amides is 1. The van der Waals surface area contributed by atoms with Gasteiger partial charge in [0.1, 0.15) is 11.5 Å². The summed E-state index contributed by atoms with van der Waals surface area (Å²) in [5.74, 6) is 0.768. The van der Waals surface area contributed by atoms with Gasteiger partial charge in [-0.3, -0.25) is 9.78 Å². The van der Waals surface area contributed by atoms with E-state index in [0.29, 0.717) is 17.3 Å². The maximum atomic E-state index is 12.5. The molecule has 1 aliphatic heterocycles. The van der Waals surface area contributed by atoms with E-state index >= 15 is 0 Å². The number of aromatic nitrogens is 2. The SMILES string of the molecule is O=C(NCc1ccccc1)c1cc(N2CCN(c3ccc(Cl)cn3)CC2)ccn1. The third-order valence-corrected chi connectivity index (χ3v) is 5.18. The Hall–Kier alpha value is -3.12. The number of hydrogen-bond acceptors (Lipinski definition) is 5. The van der Waals surface area contributed by atoms with E-state index in [4.69, 9.17) is 11.6 Å². The van der Waals surface area contributed by atoms with Crippen LogP contribution >= 0.6 is 11.6 Å². The van der Waals surface area contributed by atoms with E-state index < -0.39 is 0 Å². The third-order valence-electron chi connectivity index (χ3n) is 4.95. The van der Waals surface area contributed by atoms with E-state index in [1.165, 1.54) is 0 Å².